The van der Waals surface area contributed by atoms with Gasteiger partial charge in [-0.05, 0) is 30.7 Å². The lowest BCUT2D eigenvalue weighted by molar-refractivity contribution is 0.307. The normalized spacial score (nSPS) is 10.7. The fraction of sp³-hybridized carbons (Fsp3) is 0.176. The quantitative estimate of drug-likeness (QED) is 0.745. The van der Waals surface area contributed by atoms with E-state index in [2.05, 4.69) is 9.97 Å². The standard InChI is InChI=1S/C17H17N3O/c1-12-17(20-16-9-5-4-8-15(16)19-12)21-11-10-13-6-2-3-7-14(13)18/h2-9H,10-11,18H2,1H3. The number of aryl methyl sites for hydroxylation is 1. The van der Waals surface area contributed by atoms with Gasteiger partial charge < -0.3 is 10.5 Å². The number of hydrogen-bond donors (Lipinski definition) is 1. The lowest BCUT2D eigenvalue weighted by atomic mass is 10.1. The molecule has 3 rings (SSSR count). The van der Waals surface area contributed by atoms with Gasteiger partial charge in [-0.15, -0.1) is 0 Å². The highest BCUT2D eigenvalue weighted by atomic mass is 16.5. The third-order valence-corrected chi connectivity index (χ3v) is 3.37. The van der Waals surface area contributed by atoms with Gasteiger partial charge in [0.15, 0.2) is 0 Å². The molecule has 106 valence electrons. The topological polar surface area (TPSA) is 61.0 Å². The van der Waals surface area contributed by atoms with E-state index in [9.17, 15) is 0 Å². The molecule has 2 N–H and O–H groups in total. The first-order chi connectivity index (χ1) is 10.2. The van der Waals surface area contributed by atoms with Crippen LogP contribution in [0.4, 0.5) is 5.69 Å². The van der Waals surface area contributed by atoms with Gasteiger partial charge in [-0.1, -0.05) is 30.3 Å². The second-order valence-corrected chi connectivity index (χ2v) is 4.90. The molecule has 0 unspecified atom stereocenters. The Morgan fingerprint density at radius 3 is 2.38 bits per heavy atom. The number of ether oxygens (including phenoxy) is 1. The van der Waals surface area contributed by atoms with Crippen LogP contribution in [-0.4, -0.2) is 16.6 Å². The Balaban J connectivity index is 1.73. The molecule has 3 aromatic rings. The van der Waals surface area contributed by atoms with E-state index in [1.165, 1.54) is 0 Å². The van der Waals surface area contributed by atoms with Crippen molar-refractivity contribution in [3.63, 3.8) is 0 Å². The molecule has 0 aliphatic rings. The minimum absolute atomic E-state index is 0.530. The Morgan fingerprint density at radius 2 is 1.62 bits per heavy atom. The van der Waals surface area contributed by atoms with Crippen LogP contribution in [0.2, 0.25) is 0 Å². The summed E-state index contributed by atoms with van der Waals surface area (Å²) >= 11 is 0. The van der Waals surface area contributed by atoms with Gasteiger partial charge in [-0.2, -0.15) is 0 Å². The van der Waals surface area contributed by atoms with E-state index in [1.807, 2.05) is 55.5 Å². The number of nitrogen functional groups attached to an aromatic ring is 1. The summed E-state index contributed by atoms with van der Waals surface area (Å²) in [6.45, 7) is 2.44. The van der Waals surface area contributed by atoms with E-state index in [1.54, 1.807) is 0 Å². The molecule has 0 amide bonds. The molecule has 4 heteroatoms. The highest BCUT2D eigenvalue weighted by molar-refractivity contribution is 5.74. The van der Waals surface area contributed by atoms with Gasteiger partial charge in [0.25, 0.3) is 0 Å². The number of rotatable bonds is 4. The lowest BCUT2D eigenvalue weighted by Crippen LogP contribution is -2.06. The van der Waals surface area contributed by atoms with Gasteiger partial charge >= 0.3 is 0 Å². The monoisotopic (exact) mass is 279 g/mol. The number of aromatic nitrogens is 2. The second kappa shape index (κ2) is 5.79. The molecule has 2 aromatic carbocycles. The Hall–Kier alpha value is -2.62. The molecule has 0 saturated heterocycles. The molecular formula is C17H17N3O. The van der Waals surface area contributed by atoms with Crippen LogP contribution < -0.4 is 10.5 Å². The maximum absolute atomic E-state index is 5.92. The van der Waals surface area contributed by atoms with Crippen LogP contribution >= 0.6 is 0 Å². The minimum Gasteiger partial charge on any atom is -0.476 e. The first kappa shape index (κ1) is 13.4. The summed E-state index contributed by atoms with van der Waals surface area (Å²) in [6, 6.07) is 15.6. The van der Waals surface area contributed by atoms with E-state index < -0.39 is 0 Å². The summed E-state index contributed by atoms with van der Waals surface area (Å²) in [5.74, 6) is 0.586. The Labute approximate surface area is 123 Å². The van der Waals surface area contributed by atoms with E-state index in [0.29, 0.717) is 12.5 Å². The third-order valence-electron chi connectivity index (χ3n) is 3.37. The molecule has 0 atom stereocenters. The molecule has 0 bridgehead atoms. The number of hydrogen-bond acceptors (Lipinski definition) is 4. The number of anilines is 1. The minimum atomic E-state index is 0.530. The first-order valence-electron chi connectivity index (χ1n) is 6.93. The Kier molecular flexibility index (Phi) is 3.69. The van der Waals surface area contributed by atoms with Gasteiger partial charge in [0.2, 0.25) is 5.88 Å². The van der Waals surface area contributed by atoms with Crippen molar-refractivity contribution in [1.82, 2.24) is 9.97 Å². The Bertz CT molecular complexity index is 771. The summed E-state index contributed by atoms with van der Waals surface area (Å²) in [5.41, 5.74) is 10.3. The van der Waals surface area contributed by atoms with Gasteiger partial charge in [-0.3, -0.25) is 0 Å². The third kappa shape index (κ3) is 2.94. The van der Waals surface area contributed by atoms with Crippen molar-refractivity contribution in [2.24, 2.45) is 0 Å². The maximum atomic E-state index is 5.92. The van der Waals surface area contributed by atoms with Crippen LogP contribution in [0.1, 0.15) is 11.3 Å². The van der Waals surface area contributed by atoms with E-state index in [4.69, 9.17) is 10.5 Å². The van der Waals surface area contributed by atoms with Crippen molar-refractivity contribution in [1.29, 1.82) is 0 Å². The zero-order chi connectivity index (χ0) is 14.7. The summed E-state index contributed by atoms with van der Waals surface area (Å²) in [6.07, 6.45) is 0.751. The smallest absolute Gasteiger partial charge is 0.235 e. The zero-order valence-corrected chi connectivity index (χ0v) is 11.9. The van der Waals surface area contributed by atoms with Crippen LogP contribution in [0.25, 0.3) is 11.0 Å². The molecule has 0 radical (unpaired) electrons. The summed E-state index contributed by atoms with van der Waals surface area (Å²) in [5, 5.41) is 0. The number of fused-ring (bicyclic) bond motifs is 1. The fourth-order valence-electron chi connectivity index (χ4n) is 2.23. The van der Waals surface area contributed by atoms with E-state index in [0.717, 1.165) is 34.4 Å². The summed E-state index contributed by atoms with van der Waals surface area (Å²) in [4.78, 5) is 9.02. The molecule has 0 fully saturated rings. The molecule has 0 saturated carbocycles. The second-order valence-electron chi connectivity index (χ2n) is 4.90. The number of nitrogens with two attached hydrogens (primary N) is 1. The summed E-state index contributed by atoms with van der Waals surface area (Å²) in [7, 11) is 0. The average Bonchev–Trinajstić information content (AvgIpc) is 2.49. The molecule has 0 aliphatic carbocycles. The first-order valence-corrected chi connectivity index (χ1v) is 6.93. The fourth-order valence-corrected chi connectivity index (χ4v) is 2.23. The molecule has 1 aromatic heterocycles. The Morgan fingerprint density at radius 1 is 0.952 bits per heavy atom. The molecular weight excluding hydrogens is 262 g/mol. The van der Waals surface area contributed by atoms with Crippen LogP contribution in [0, 0.1) is 6.92 Å². The predicted octanol–water partition coefficient (Wildman–Crippen LogP) is 3.14. The molecule has 0 aliphatic heterocycles. The highest BCUT2D eigenvalue weighted by Gasteiger charge is 2.06. The predicted molar refractivity (Wildman–Crippen MR) is 84.3 cm³/mol. The molecule has 1 heterocycles. The maximum Gasteiger partial charge on any atom is 0.235 e. The molecule has 21 heavy (non-hydrogen) atoms. The SMILES string of the molecule is Cc1nc2ccccc2nc1OCCc1ccccc1N. The number of para-hydroxylation sites is 3. The summed E-state index contributed by atoms with van der Waals surface area (Å²) < 4.78 is 5.77. The lowest BCUT2D eigenvalue weighted by Gasteiger charge is -2.09. The number of benzene rings is 2. The number of nitrogens with zero attached hydrogens (tertiary/aromatic N) is 2. The van der Waals surface area contributed by atoms with E-state index in [-0.39, 0.29) is 0 Å². The largest absolute Gasteiger partial charge is 0.476 e. The van der Waals surface area contributed by atoms with Crippen molar-refractivity contribution >= 4 is 16.7 Å². The zero-order valence-electron chi connectivity index (χ0n) is 11.9. The van der Waals surface area contributed by atoms with Crippen molar-refractivity contribution in [3.05, 3.63) is 59.8 Å². The average molecular weight is 279 g/mol. The van der Waals surface area contributed by atoms with Crippen molar-refractivity contribution in [2.75, 3.05) is 12.3 Å². The van der Waals surface area contributed by atoms with Crippen LogP contribution in [0.3, 0.4) is 0 Å². The van der Waals surface area contributed by atoms with Gasteiger partial charge in [0.1, 0.15) is 5.69 Å². The van der Waals surface area contributed by atoms with Crippen molar-refractivity contribution in [2.45, 2.75) is 13.3 Å². The van der Waals surface area contributed by atoms with Crippen LogP contribution in [0.5, 0.6) is 5.88 Å². The molecule has 0 spiro atoms. The van der Waals surface area contributed by atoms with E-state index >= 15 is 0 Å². The molecule has 4 nitrogen and oxygen atoms in total. The van der Waals surface area contributed by atoms with Gasteiger partial charge in [0, 0.05) is 12.1 Å². The van der Waals surface area contributed by atoms with Crippen LogP contribution in [-0.2, 0) is 6.42 Å². The van der Waals surface area contributed by atoms with Crippen LogP contribution in [0.15, 0.2) is 48.5 Å². The van der Waals surface area contributed by atoms with Crippen molar-refractivity contribution in [3.8, 4) is 5.88 Å². The van der Waals surface area contributed by atoms with Gasteiger partial charge in [0.05, 0.1) is 17.6 Å². The van der Waals surface area contributed by atoms with Gasteiger partial charge in [-0.25, -0.2) is 9.97 Å². The van der Waals surface area contributed by atoms with Crippen molar-refractivity contribution < 1.29 is 4.74 Å². The highest BCUT2D eigenvalue weighted by Crippen LogP contribution is 2.18.